The lowest BCUT2D eigenvalue weighted by atomic mass is 10.1. The zero-order valence-electron chi connectivity index (χ0n) is 16.6. The Morgan fingerprint density at radius 2 is 1.76 bits per heavy atom. The fourth-order valence-electron chi connectivity index (χ4n) is 2.60. The van der Waals surface area contributed by atoms with E-state index < -0.39 is 35.2 Å². The van der Waals surface area contributed by atoms with Crippen LogP contribution in [-0.4, -0.2) is 35.2 Å². The van der Waals surface area contributed by atoms with Crippen LogP contribution in [0.3, 0.4) is 0 Å². The Bertz CT molecular complexity index is 1240. The molecule has 0 aliphatic carbocycles. The zero-order chi connectivity index (χ0) is 24.0. The molecule has 0 bridgehead atoms. The number of anilines is 1. The molecular weight excluding hydrogens is 474 g/mol. The summed E-state index contributed by atoms with van der Waals surface area (Å²) < 4.78 is 4.95. The van der Waals surface area contributed by atoms with Crippen molar-refractivity contribution in [2.45, 2.75) is 0 Å². The highest BCUT2D eigenvalue weighted by atomic mass is 35.5. The molecule has 2 aromatic carbocycles. The predicted octanol–water partition coefficient (Wildman–Crippen LogP) is 3.68. The average molecular weight is 488 g/mol. The monoisotopic (exact) mass is 487 g/mol. The van der Waals surface area contributed by atoms with Gasteiger partial charge in [0.15, 0.2) is 6.61 Å². The molecule has 3 rings (SSSR count). The van der Waals surface area contributed by atoms with Crippen molar-refractivity contribution in [2.24, 2.45) is 0 Å². The van der Waals surface area contributed by atoms with Crippen LogP contribution in [0.15, 0.2) is 60.0 Å². The second-order valence-corrected chi connectivity index (χ2v) is 7.71. The smallest absolute Gasteiger partial charge is 0.340 e. The molecule has 0 unspecified atom stereocenters. The Morgan fingerprint density at radius 1 is 1.00 bits per heavy atom. The Morgan fingerprint density at radius 3 is 2.42 bits per heavy atom. The van der Waals surface area contributed by atoms with Crippen molar-refractivity contribution in [3.63, 3.8) is 0 Å². The highest BCUT2D eigenvalue weighted by molar-refractivity contribution is 7.12. The summed E-state index contributed by atoms with van der Waals surface area (Å²) in [5.74, 6) is -3.06. The van der Waals surface area contributed by atoms with Crippen molar-refractivity contribution < 1.29 is 28.8 Å². The summed E-state index contributed by atoms with van der Waals surface area (Å²) in [6.45, 7) is -0.716. The minimum absolute atomic E-state index is 0.0445. The van der Waals surface area contributed by atoms with Crippen molar-refractivity contribution in [1.29, 1.82) is 0 Å². The summed E-state index contributed by atoms with van der Waals surface area (Å²) in [5, 5.41) is 16.9. The van der Waals surface area contributed by atoms with Gasteiger partial charge in [-0.25, -0.2) is 4.79 Å². The first kappa shape index (κ1) is 23.6. The van der Waals surface area contributed by atoms with E-state index in [0.29, 0.717) is 4.88 Å². The van der Waals surface area contributed by atoms with Crippen LogP contribution < -0.4 is 10.6 Å². The Balaban J connectivity index is 1.65. The third-order valence-corrected chi connectivity index (χ3v) is 5.32. The number of hydrogen-bond donors (Lipinski definition) is 2. The lowest BCUT2D eigenvalue weighted by Gasteiger charge is -2.11. The molecule has 3 aromatic rings. The van der Waals surface area contributed by atoms with Gasteiger partial charge in [0, 0.05) is 12.1 Å². The highest BCUT2D eigenvalue weighted by Gasteiger charge is 2.20. The van der Waals surface area contributed by atoms with Crippen molar-refractivity contribution in [1.82, 2.24) is 5.32 Å². The number of rotatable bonds is 7. The van der Waals surface area contributed by atoms with Crippen molar-refractivity contribution in [3.05, 3.63) is 91.1 Å². The number of imide groups is 1. The van der Waals surface area contributed by atoms with Crippen LogP contribution in [0, 0.1) is 10.1 Å². The fraction of sp³-hybridized carbons (Fsp3) is 0.0476. The number of nitro groups is 1. The number of nitro benzene ring substituents is 1. The molecule has 0 aliphatic rings. The standard InChI is InChI=1S/C21H14ClN3O7S/c22-15-10-12(25(30)31)7-8-13(15)19(27)23-16-5-2-1-4-14(16)21(29)32-11-18(26)24-20(28)17-6-3-9-33-17/h1-10H,11H2,(H,23,27)(H,24,26,28). The summed E-state index contributed by atoms with van der Waals surface area (Å²) in [5.41, 5.74) is -0.313. The van der Waals surface area contributed by atoms with E-state index in [1.54, 1.807) is 17.5 Å². The second kappa shape index (κ2) is 10.5. The van der Waals surface area contributed by atoms with Crippen molar-refractivity contribution in [3.8, 4) is 0 Å². The number of hydrogen-bond acceptors (Lipinski definition) is 8. The normalized spacial score (nSPS) is 10.2. The molecule has 0 atom stereocenters. The number of carbonyl (C=O) groups excluding carboxylic acids is 4. The van der Waals surface area contributed by atoms with E-state index in [4.69, 9.17) is 16.3 Å². The van der Waals surface area contributed by atoms with E-state index in [1.165, 1.54) is 30.3 Å². The molecule has 0 aliphatic heterocycles. The number of benzene rings is 2. The van der Waals surface area contributed by atoms with E-state index in [0.717, 1.165) is 23.5 Å². The quantitative estimate of drug-likeness (QED) is 0.294. The molecule has 0 saturated heterocycles. The number of carbonyl (C=O) groups is 4. The van der Waals surface area contributed by atoms with E-state index >= 15 is 0 Å². The topological polar surface area (TPSA) is 145 Å². The molecule has 1 heterocycles. The SMILES string of the molecule is O=C(COC(=O)c1ccccc1NC(=O)c1ccc([N+](=O)[O-])cc1Cl)NC(=O)c1cccs1. The number of ether oxygens (including phenoxy) is 1. The molecule has 33 heavy (non-hydrogen) atoms. The summed E-state index contributed by atoms with van der Waals surface area (Å²) in [4.78, 5) is 59.3. The van der Waals surface area contributed by atoms with Crippen LogP contribution in [0.1, 0.15) is 30.4 Å². The number of non-ortho nitro benzene ring substituents is 1. The van der Waals surface area contributed by atoms with Gasteiger partial charge in [0.25, 0.3) is 23.4 Å². The van der Waals surface area contributed by atoms with Gasteiger partial charge in [-0.2, -0.15) is 0 Å². The molecule has 2 N–H and O–H groups in total. The number of para-hydroxylation sites is 1. The fourth-order valence-corrected chi connectivity index (χ4v) is 3.48. The maximum Gasteiger partial charge on any atom is 0.340 e. The van der Waals surface area contributed by atoms with Gasteiger partial charge in [-0.1, -0.05) is 29.8 Å². The maximum atomic E-state index is 12.6. The van der Waals surface area contributed by atoms with Crippen LogP contribution in [0.4, 0.5) is 11.4 Å². The summed E-state index contributed by atoms with van der Waals surface area (Å²) >= 11 is 7.12. The second-order valence-electron chi connectivity index (χ2n) is 6.35. The lowest BCUT2D eigenvalue weighted by molar-refractivity contribution is -0.384. The van der Waals surface area contributed by atoms with Crippen LogP contribution in [0.2, 0.25) is 5.02 Å². The Labute approximate surface area is 195 Å². The highest BCUT2D eigenvalue weighted by Crippen LogP contribution is 2.24. The largest absolute Gasteiger partial charge is 0.452 e. The van der Waals surface area contributed by atoms with E-state index in [9.17, 15) is 29.3 Å². The molecule has 168 valence electrons. The predicted molar refractivity (Wildman–Crippen MR) is 120 cm³/mol. The third-order valence-electron chi connectivity index (χ3n) is 4.14. The van der Waals surface area contributed by atoms with E-state index in [-0.39, 0.29) is 27.5 Å². The molecule has 0 spiro atoms. The third kappa shape index (κ3) is 5.99. The average Bonchev–Trinajstić information content (AvgIpc) is 3.33. The van der Waals surface area contributed by atoms with E-state index in [1.807, 2.05) is 0 Å². The van der Waals surface area contributed by atoms with Gasteiger partial charge in [0.2, 0.25) is 0 Å². The molecule has 10 nitrogen and oxygen atoms in total. The van der Waals surface area contributed by atoms with Crippen LogP contribution in [-0.2, 0) is 9.53 Å². The number of nitrogens with one attached hydrogen (secondary N) is 2. The molecule has 1 aromatic heterocycles. The van der Waals surface area contributed by atoms with Gasteiger partial charge in [-0.15, -0.1) is 11.3 Å². The van der Waals surface area contributed by atoms with Gasteiger partial charge in [0.05, 0.1) is 31.6 Å². The molecular formula is C21H14ClN3O7S. The first-order valence-corrected chi connectivity index (χ1v) is 10.4. The van der Waals surface area contributed by atoms with Crippen LogP contribution in [0.5, 0.6) is 0 Å². The molecule has 0 radical (unpaired) electrons. The zero-order valence-corrected chi connectivity index (χ0v) is 18.1. The Kier molecular flexibility index (Phi) is 7.49. The summed E-state index contributed by atoms with van der Waals surface area (Å²) in [6, 6.07) is 12.4. The molecule has 0 saturated carbocycles. The van der Waals surface area contributed by atoms with Crippen molar-refractivity contribution >= 4 is 58.0 Å². The van der Waals surface area contributed by atoms with Gasteiger partial charge in [-0.05, 0) is 29.6 Å². The first-order chi connectivity index (χ1) is 15.8. The molecule has 12 heteroatoms. The Hall–Kier alpha value is -4.09. The van der Waals surface area contributed by atoms with Crippen molar-refractivity contribution in [2.75, 3.05) is 11.9 Å². The number of nitrogens with zero attached hydrogens (tertiary/aromatic N) is 1. The van der Waals surface area contributed by atoms with Gasteiger partial charge in [-0.3, -0.25) is 29.8 Å². The van der Waals surface area contributed by atoms with Gasteiger partial charge >= 0.3 is 5.97 Å². The number of amides is 3. The van der Waals surface area contributed by atoms with Crippen LogP contribution >= 0.6 is 22.9 Å². The number of halogens is 1. The maximum absolute atomic E-state index is 12.6. The minimum Gasteiger partial charge on any atom is -0.452 e. The lowest BCUT2D eigenvalue weighted by Crippen LogP contribution is -2.33. The minimum atomic E-state index is -0.917. The summed E-state index contributed by atoms with van der Waals surface area (Å²) in [6.07, 6.45) is 0. The summed E-state index contributed by atoms with van der Waals surface area (Å²) in [7, 11) is 0. The van der Waals surface area contributed by atoms with Crippen LogP contribution in [0.25, 0.3) is 0 Å². The molecule has 3 amide bonds. The number of esters is 1. The molecule has 0 fully saturated rings. The number of thiophene rings is 1. The van der Waals surface area contributed by atoms with Gasteiger partial charge in [0.1, 0.15) is 0 Å². The van der Waals surface area contributed by atoms with E-state index in [2.05, 4.69) is 10.6 Å². The first-order valence-electron chi connectivity index (χ1n) is 9.15. The van der Waals surface area contributed by atoms with Gasteiger partial charge < -0.3 is 10.1 Å².